The van der Waals surface area contributed by atoms with E-state index in [-0.39, 0.29) is 17.6 Å². The Labute approximate surface area is 111 Å². The van der Waals surface area contributed by atoms with Gasteiger partial charge in [-0.15, -0.1) is 0 Å². The first-order chi connectivity index (χ1) is 9.04. The number of amides is 1. The summed E-state index contributed by atoms with van der Waals surface area (Å²) in [6, 6.07) is 1.46. The van der Waals surface area contributed by atoms with E-state index >= 15 is 0 Å². The average molecular weight is 266 g/mol. The minimum Gasteiger partial charge on any atom is -0.337 e. The maximum atomic E-state index is 12.5. The normalized spacial score (nSPS) is 19.5. The quantitative estimate of drug-likeness (QED) is 0.649. The van der Waals surface area contributed by atoms with Crippen LogP contribution in [0.15, 0.2) is 12.3 Å². The molecule has 104 valence electrons. The van der Waals surface area contributed by atoms with Crippen molar-refractivity contribution < 1.29 is 9.72 Å². The molecule has 1 aromatic rings. The van der Waals surface area contributed by atoms with E-state index in [2.05, 4.69) is 5.32 Å². The van der Waals surface area contributed by atoms with Crippen molar-refractivity contribution in [1.29, 1.82) is 0 Å². The zero-order chi connectivity index (χ0) is 14.0. The molecule has 2 rings (SSSR count). The van der Waals surface area contributed by atoms with Crippen LogP contribution in [0.1, 0.15) is 24.3 Å². The van der Waals surface area contributed by atoms with Gasteiger partial charge in [0.1, 0.15) is 5.69 Å². The summed E-state index contributed by atoms with van der Waals surface area (Å²) in [5, 5.41) is 14.0. The number of nitro groups is 1. The fraction of sp³-hybridized carbons (Fsp3) is 0.583. The summed E-state index contributed by atoms with van der Waals surface area (Å²) < 4.78 is 1.63. The summed E-state index contributed by atoms with van der Waals surface area (Å²) in [4.78, 5) is 24.6. The molecule has 0 bridgehead atoms. The molecule has 0 aromatic carbocycles. The Kier molecular flexibility index (Phi) is 3.84. The van der Waals surface area contributed by atoms with Gasteiger partial charge in [0.2, 0.25) is 0 Å². The molecule has 1 amide bonds. The number of carbonyl (C=O) groups excluding carboxylic acids is 1. The second-order valence-corrected chi connectivity index (χ2v) is 4.68. The lowest BCUT2D eigenvalue weighted by Crippen LogP contribution is -2.52. The average Bonchev–Trinajstić information content (AvgIpc) is 2.82. The van der Waals surface area contributed by atoms with Crippen molar-refractivity contribution in [3.8, 4) is 0 Å². The number of aromatic nitrogens is 1. The van der Waals surface area contributed by atoms with Gasteiger partial charge in [0.15, 0.2) is 0 Å². The number of carbonyl (C=O) groups is 1. The highest BCUT2D eigenvalue weighted by molar-refractivity contribution is 5.94. The van der Waals surface area contributed by atoms with Crippen LogP contribution in [0.5, 0.6) is 0 Å². The van der Waals surface area contributed by atoms with Gasteiger partial charge in [0.25, 0.3) is 11.6 Å². The van der Waals surface area contributed by atoms with Crippen molar-refractivity contribution in [1.82, 2.24) is 14.8 Å². The van der Waals surface area contributed by atoms with E-state index in [4.69, 9.17) is 0 Å². The van der Waals surface area contributed by atoms with Gasteiger partial charge >= 0.3 is 0 Å². The summed E-state index contributed by atoms with van der Waals surface area (Å²) in [5.41, 5.74) is 0.357. The van der Waals surface area contributed by atoms with Gasteiger partial charge in [-0.05, 0) is 13.8 Å². The first-order valence-electron chi connectivity index (χ1n) is 6.40. The lowest BCUT2D eigenvalue weighted by Gasteiger charge is -2.34. The molecular weight excluding hydrogens is 248 g/mol. The fourth-order valence-corrected chi connectivity index (χ4v) is 2.33. The Morgan fingerprint density at radius 1 is 1.63 bits per heavy atom. The minimum atomic E-state index is -0.468. The number of piperazine rings is 1. The molecule has 1 atom stereocenters. The van der Waals surface area contributed by atoms with Gasteiger partial charge in [-0.3, -0.25) is 14.9 Å². The summed E-state index contributed by atoms with van der Waals surface area (Å²) in [6.45, 7) is 6.50. The monoisotopic (exact) mass is 266 g/mol. The molecule has 1 fully saturated rings. The molecule has 19 heavy (non-hydrogen) atoms. The van der Waals surface area contributed by atoms with E-state index in [1.807, 2.05) is 13.8 Å². The molecular formula is C12H18N4O3. The van der Waals surface area contributed by atoms with Gasteiger partial charge in [-0.2, -0.15) is 0 Å². The smallest absolute Gasteiger partial charge is 0.287 e. The van der Waals surface area contributed by atoms with Gasteiger partial charge < -0.3 is 14.8 Å². The number of nitrogens with one attached hydrogen (secondary N) is 1. The van der Waals surface area contributed by atoms with Crippen LogP contribution in [0, 0.1) is 10.1 Å². The van der Waals surface area contributed by atoms with Gasteiger partial charge in [0.05, 0.1) is 11.1 Å². The Morgan fingerprint density at radius 2 is 2.37 bits per heavy atom. The van der Waals surface area contributed by atoms with Crippen molar-refractivity contribution in [3.63, 3.8) is 0 Å². The highest BCUT2D eigenvalue weighted by atomic mass is 16.6. The van der Waals surface area contributed by atoms with E-state index < -0.39 is 4.92 Å². The van der Waals surface area contributed by atoms with Crippen LogP contribution in [0.3, 0.4) is 0 Å². The number of hydrogen-bond acceptors (Lipinski definition) is 4. The molecule has 0 radical (unpaired) electrons. The Morgan fingerprint density at radius 3 is 2.95 bits per heavy atom. The molecule has 0 aliphatic carbocycles. The summed E-state index contributed by atoms with van der Waals surface area (Å²) >= 11 is 0. The topological polar surface area (TPSA) is 80.4 Å². The number of hydrogen-bond donors (Lipinski definition) is 1. The van der Waals surface area contributed by atoms with Crippen LogP contribution in [0.2, 0.25) is 0 Å². The highest BCUT2D eigenvalue weighted by Gasteiger charge is 2.27. The molecule has 0 saturated carbocycles. The van der Waals surface area contributed by atoms with Crippen LogP contribution in [-0.2, 0) is 6.54 Å². The largest absolute Gasteiger partial charge is 0.337 e. The molecule has 2 heterocycles. The van der Waals surface area contributed by atoms with Crippen molar-refractivity contribution in [2.45, 2.75) is 26.4 Å². The van der Waals surface area contributed by atoms with Crippen molar-refractivity contribution in [2.75, 3.05) is 19.6 Å². The third-order valence-corrected chi connectivity index (χ3v) is 3.41. The maximum Gasteiger partial charge on any atom is 0.287 e. The van der Waals surface area contributed by atoms with Gasteiger partial charge in [-0.25, -0.2) is 0 Å². The van der Waals surface area contributed by atoms with Crippen LogP contribution in [0.4, 0.5) is 5.69 Å². The molecule has 7 nitrogen and oxygen atoms in total. The molecule has 1 aliphatic rings. The minimum absolute atomic E-state index is 0.0343. The van der Waals surface area contributed by atoms with Crippen LogP contribution >= 0.6 is 0 Å². The second kappa shape index (κ2) is 5.40. The lowest BCUT2D eigenvalue weighted by molar-refractivity contribution is -0.384. The third-order valence-electron chi connectivity index (χ3n) is 3.41. The molecule has 1 aromatic heterocycles. The first kappa shape index (κ1) is 13.5. The predicted octanol–water partition coefficient (Wildman–Crippen LogP) is 0.850. The zero-order valence-electron chi connectivity index (χ0n) is 11.1. The second-order valence-electron chi connectivity index (χ2n) is 4.68. The number of aryl methyl sites for hydroxylation is 1. The highest BCUT2D eigenvalue weighted by Crippen LogP contribution is 2.19. The van der Waals surface area contributed by atoms with Gasteiger partial charge in [-0.1, -0.05) is 0 Å². The SMILES string of the molecule is CCn1cc([N+](=O)[O-])cc1C(=O)N1CCNC[C@@H]1C. The van der Waals surface area contributed by atoms with Crippen molar-refractivity contribution in [2.24, 2.45) is 0 Å². The van der Waals surface area contributed by atoms with E-state index in [0.717, 1.165) is 13.1 Å². The molecule has 7 heteroatoms. The van der Waals surface area contributed by atoms with E-state index in [0.29, 0.717) is 18.8 Å². The van der Waals surface area contributed by atoms with E-state index in [1.54, 1.807) is 9.47 Å². The summed E-state index contributed by atoms with van der Waals surface area (Å²) in [6.07, 6.45) is 1.42. The van der Waals surface area contributed by atoms with E-state index in [9.17, 15) is 14.9 Å². The molecule has 1 aliphatic heterocycles. The Hall–Kier alpha value is -1.89. The first-order valence-corrected chi connectivity index (χ1v) is 6.40. The van der Waals surface area contributed by atoms with Crippen molar-refractivity contribution in [3.05, 3.63) is 28.1 Å². The predicted molar refractivity (Wildman–Crippen MR) is 70.1 cm³/mol. The van der Waals surface area contributed by atoms with Crippen LogP contribution < -0.4 is 5.32 Å². The number of rotatable bonds is 3. The number of nitrogens with zero attached hydrogens (tertiary/aromatic N) is 3. The zero-order valence-corrected chi connectivity index (χ0v) is 11.1. The maximum absolute atomic E-state index is 12.5. The molecule has 1 N–H and O–H groups in total. The third kappa shape index (κ3) is 2.60. The molecule has 1 saturated heterocycles. The summed E-state index contributed by atoms with van der Waals surface area (Å²) in [7, 11) is 0. The lowest BCUT2D eigenvalue weighted by atomic mass is 10.2. The fourth-order valence-electron chi connectivity index (χ4n) is 2.33. The van der Waals surface area contributed by atoms with Crippen LogP contribution in [0.25, 0.3) is 0 Å². The van der Waals surface area contributed by atoms with Crippen LogP contribution in [-0.4, -0.2) is 46.0 Å². The van der Waals surface area contributed by atoms with Gasteiger partial charge in [0, 0.05) is 38.3 Å². The Balaban J connectivity index is 2.29. The standard InChI is InChI=1S/C12H18N4O3/c1-3-14-8-10(16(18)19)6-11(14)12(17)15-5-4-13-7-9(15)2/h6,8-9,13H,3-5,7H2,1-2H3/t9-/m0/s1. The van der Waals surface area contributed by atoms with E-state index in [1.165, 1.54) is 12.3 Å². The summed E-state index contributed by atoms with van der Waals surface area (Å²) in [5.74, 6) is -0.135. The van der Waals surface area contributed by atoms with Crippen molar-refractivity contribution >= 4 is 11.6 Å². The molecule has 0 spiro atoms. The Bertz CT molecular complexity index is 497. The molecule has 0 unspecified atom stereocenters.